The third-order valence-electron chi connectivity index (χ3n) is 4.75. The van der Waals surface area contributed by atoms with E-state index in [4.69, 9.17) is 27.9 Å². The fourth-order valence-electron chi connectivity index (χ4n) is 2.89. The van der Waals surface area contributed by atoms with Crippen LogP contribution in [0.2, 0.25) is 10.0 Å². The smallest absolute Gasteiger partial charge is 0.244 e. The molecule has 2 aromatic carbocycles. The van der Waals surface area contributed by atoms with Gasteiger partial charge in [-0.2, -0.15) is 0 Å². The Bertz CT molecular complexity index is 1120. The van der Waals surface area contributed by atoms with Crippen molar-refractivity contribution in [3.05, 3.63) is 52.0 Å². The summed E-state index contributed by atoms with van der Waals surface area (Å²) in [4.78, 5) is 6.13. The number of amidine groups is 1. The lowest BCUT2D eigenvalue weighted by molar-refractivity contribution is -0.0349. The molecule has 170 valence electrons. The molecule has 1 aliphatic heterocycles. The van der Waals surface area contributed by atoms with Crippen molar-refractivity contribution in [2.24, 2.45) is 4.99 Å². The van der Waals surface area contributed by atoms with Gasteiger partial charge < -0.3 is 14.7 Å². The summed E-state index contributed by atoms with van der Waals surface area (Å²) < 4.78 is 31.6. The zero-order valence-corrected chi connectivity index (χ0v) is 22.0. The third-order valence-corrected chi connectivity index (χ3v) is 8.46. The first kappa shape index (κ1) is 26.2. The summed E-state index contributed by atoms with van der Waals surface area (Å²) >= 11 is 13.5. The molecule has 1 atom stereocenters. The van der Waals surface area contributed by atoms with Crippen LogP contribution in [0.15, 0.2) is 46.3 Å². The van der Waals surface area contributed by atoms with Crippen molar-refractivity contribution in [1.29, 1.82) is 0 Å². The first-order valence-corrected chi connectivity index (χ1v) is 11.9. The molecule has 2 aromatic rings. The van der Waals surface area contributed by atoms with Crippen LogP contribution in [-0.2, 0) is 15.7 Å². The van der Waals surface area contributed by atoms with E-state index in [0.29, 0.717) is 27.2 Å². The van der Waals surface area contributed by atoms with E-state index in [1.54, 1.807) is 36.2 Å². The molecule has 1 saturated heterocycles. The van der Waals surface area contributed by atoms with Crippen molar-refractivity contribution in [1.82, 2.24) is 9.21 Å². The van der Waals surface area contributed by atoms with Gasteiger partial charge in [0.15, 0.2) is 10.9 Å². The zero-order chi connectivity index (χ0) is 22.3. The molecule has 1 heterocycles. The van der Waals surface area contributed by atoms with E-state index in [9.17, 15) is 13.5 Å². The Balaban J connectivity index is 0.00000341. The Morgan fingerprint density at radius 3 is 2.52 bits per heavy atom. The van der Waals surface area contributed by atoms with Crippen molar-refractivity contribution >= 4 is 72.8 Å². The van der Waals surface area contributed by atoms with Crippen LogP contribution in [0, 0.1) is 0 Å². The van der Waals surface area contributed by atoms with E-state index in [-0.39, 0.29) is 32.7 Å². The molecule has 1 fully saturated rings. The molecule has 0 aromatic heterocycles. The summed E-state index contributed by atoms with van der Waals surface area (Å²) in [7, 11) is 2.29. The summed E-state index contributed by atoms with van der Waals surface area (Å²) in [6.07, 6.45) is 0. The Morgan fingerprint density at radius 2 is 1.90 bits per heavy atom. The number of aliphatic imine (C=N–C) groups is 1. The molecule has 1 aliphatic rings. The molecular formula is C19H22BrCl2N3O4S2. The second-order valence-corrected chi connectivity index (χ2v) is 10.7. The minimum absolute atomic E-state index is 0. The normalized spacial score (nSPS) is 20.3. The SMILES string of the molecule is Br.COc1cc(Cl)ccc1N=C1SCC(O)(c2ccc(Cl)c(S(=O)(=O)N(C)C)c2)N1C. The molecule has 0 bridgehead atoms. The summed E-state index contributed by atoms with van der Waals surface area (Å²) in [5.74, 6) is 0.756. The zero-order valence-electron chi connectivity index (χ0n) is 17.2. The predicted octanol–water partition coefficient (Wildman–Crippen LogP) is 4.34. The number of sulfonamides is 1. The molecule has 3 rings (SSSR count). The number of hydrogen-bond acceptors (Lipinski definition) is 6. The summed E-state index contributed by atoms with van der Waals surface area (Å²) in [6.45, 7) is 0. The van der Waals surface area contributed by atoms with Crippen LogP contribution >= 0.6 is 51.9 Å². The maximum atomic E-state index is 12.6. The number of halogens is 3. The third kappa shape index (κ3) is 5.00. The van der Waals surface area contributed by atoms with Gasteiger partial charge in [0.25, 0.3) is 0 Å². The second-order valence-electron chi connectivity index (χ2n) is 6.81. The number of hydrogen-bond donors (Lipinski definition) is 1. The van der Waals surface area contributed by atoms with Gasteiger partial charge in [0.05, 0.1) is 17.9 Å². The van der Waals surface area contributed by atoms with E-state index >= 15 is 0 Å². The highest BCUT2D eigenvalue weighted by atomic mass is 79.9. The van der Waals surface area contributed by atoms with Crippen molar-refractivity contribution in [2.75, 3.05) is 34.0 Å². The highest BCUT2D eigenvalue weighted by Crippen LogP contribution is 2.41. The summed E-state index contributed by atoms with van der Waals surface area (Å²) in [6, 6.07) is 9.57. The lowest BCUT2D eigenvalue weighted by Gasteiger charge is -2.31. The lowest BCUT2D eigenvalue weighted by Crippen LogP contribution is -2.42. The molecule has 1 N–H and O–H groups in total. The van der Waals surface area contributed by atoms with Gasteiger partial charge in [0.2, 0.25) is 10.0 Å². The highest BCUT2D eigenvalue weighted by Gasteiger charge is 2.43. The number of thioether (sulfide) groups is 1. The molecular weight excluding hydrogens is 549 g/mol. The monoisotopic (exact) mass is 569 g/mol. The molecule has 0 aliphatic carbocycles. The van der Waals surface area contributed by atoms with Crippen LogP contribution in [0.5, 0.6) is 5.75 Å². The van der Waals surface area contributed by atoms with Crippen molar-refractivity contribution in [2.45, 2.75) is 10.6 Å². The average molecular weight is 571 g/mol. The van der Waals surface area contributed by atoms with E-state index < -0.39 is 15.7 Å². The molecule has 7 nitrogen and oxygen atoms in total. The largest absolute Gasteiger partial charge is 0.494 e. The van der Waals surface area contributed by atoms with Crippen molar-refractivity contribution in [3.63, 3.8) is 0 Å². The van der Waals surface area contributed by atoms with Crippen LogP contribution in [0.4, 0.5) is 5.69 Å². The maximum absolute atomic E-state index is 12.6. The molecule has 0 spiro atoms. The van der Waals surface area contributed by atoms with Crippen molar-refractivity contribution < 1.29 is 18.3 Å². The van der Waals surface area contributed by atoms with Gasteiger partial charge in [-0.15, -0.1) is 17.0 Å². The van der Waals surface area contributed by atoms with E-state index in [1.807, 2.05) is 0 Å². The van der Waals surface area contributed by atoms with Crippen LogP contribution in [-0.4, -0.2) is 61.9 Å². The van der Waals surface area contributed by atoms with Gasteiger partial charge in [0.1, 0.15) is 16.3 Å². The quantitative estimate of drug-likeness (QED) is 0.576. The van der Waals surface area contributed by atoms with Gasteiger partial charge in [-0.25, -0.2) is 17.7 Å². The molecule has 0 saturated carbocycles. The summed E-state index contributed by atoms with van der Waals surface area (Å²) in [5.41, 5.74) is -0.507. The molecule has 12 heteroatoms. The Morgan fingerprint density at radius 1 is 1.23 bits per heavy atom. The molecule has 1 unspecified atom stereocenters. The standard InChI is InChI=1S/C19H21Cl2N3O4S2.BrH/c1-23(2)30(26,27)17-9-12(5-7-14(17)21)19(25)11-29-18(24(19)3)22-15-8-6-13(20)10-16(15)28-4;/h5-10,25H,11H2,1-4H3;1H. The van der Waals surface area contributed by atoms with Gasteiger partial charge in [-0.05, 0) is 24.3 Å². The van der Waals surface area contributed by atoms with E-state index in [0.717, 1.165) is 4.31 Å². The summed E-state index contributed by atoms with van der Waals surface area (Å²) in [5, 5.41) is 12.5. The number of aliphatic hydroxyl groups is 1. The van der Waals surface area contributed by atoms with Crippen molar-refractivity contribution in [3.8, 4) is 5.75 Å². The average Bonchev–Trinajstić information content (AvgIpc) is 2.98. The first-order valence-electron chi connectivity index (χ1n) is 8.74. The van der Waals surface area contributed by atoms with Gasteiger partial charge in [0, 0.05) is 37.8 Å². The number of methoxy groups -OCH3 is 1. The van der Waals surface area contributed by atoms with Gasteiger partial charge in [-0.1, -0.05) is 41.0 Å². The Labute approximate surface area is 206 Å². The van der Waals surface area contributed by atoms with Crippen LogP contribution in [0.25, 0.3) is 0 Å². The molecule has 31 heavy (non-hydrogen) atoms. The second kappa shape index (κ2) is 9.86. The molecule has 0 radical (unpaired) electrons. The predicted molar refractivity (Wildman–Crippen MR) is 132 cm³/mol. The number of rotatable bonds is 5. The maximum Gasteiger partial charge on any atom is 0.244 e. The fourth-order valence-corrected chi connectivity index (χ4v) is 5.65. The van der Waals surface area contributed by atoms with Gasteiger partial charge in [-0.3, -0.25) is 0 Å². The van der Waals surface area contributed by atoms with Gasteiger partial charge >= 0.3 is 0 Å². The first-order chi connectivity index (χ1) is 14.0. The van der Waals surface area contributed by atoms with Crippen LogP contribution in [0.1, 0.15) is 5.56 Å². The number of nitrogens with zero attached hydrogens (tertiary/aromatic N) is 3. The van der Waals surface area contributed by atoms with Crippen LogP contribution in [0.3, 0.4) is 0 Å². The Kier molecular flexibility index (Phi) is 8.35. The fraction of sp³-hybridized carbons (Fsp3) is 0.316. The highest BCUT2D eigenvalue weighted by molar-refractivity contribution is 8.93. The lowest BCUT2D eigenvalue weighted by atomic mass is 10.0. The Hall–Kier alpha value is -1.01. The topological polar surface area (TPSA) is 82.4 Å². The van der Waals surface area contributed by atoms with E-state index in [1.165, 1.54) is 45.1 Å². The minimum atomic E-state index is -3.77. The van der Waals surface area contributed by atoms with E-state index in [2.05, 4.69) is 4.99 Å². The number of benzene rings is 2. The minimum Gasteiger partial charge on any atom is -0.494 e. The molecule has 0 amide bonds. The number of ether oxygens (including phenoxy) is 1. The van der Waals surface area contributed by atoms with Crippen LogP contribution < -0.4 is 4.74 Å².